The molecule has 0 radical (unpaired) electrons. The largest absolute Gasteiger partial charge is 0.480 e. The van der Waals surface area contributed by atoms with Crippen molar-refractivity contribution in [3.63, 3.8) is 0 Å². The lowest BCUT2D eigenvalue weighted by atomic mass is 10.1. The van der Waals surface area contributed by atoms with Gasteiger partial charge in [0, 0.05) is 48.1 Å². The number of methoxy groups -OCH3 is 2. The third-order valence-corrected chi connectivity index (χ3v) is 9.60. The molecule has 2 N–H and O–H groups in total. The molecule has 4 rings (SSSR count). The average molecular weight is 803 g/mol. The SMILES string of the molecule is COC(=O)N1CCN(C(=O)/C=C/c2ccc(Sc3ccc(/C=C/C(=O)N4CCN(C(=O)OC)C(C(=O)O)C4)cc3C(F)(F)F)c(C(F)(F)F)c2)CC1C(=O)O. The summed E-state index contributed by atoms with van der Waals surface area (Å²) < 4.78 is 94.4. The molecule has 2 aliphatic rings. The Morgan fingerprint density at radius 3 is 1.33 bits per heavy atom. The molecule has 2 fully saturated rings. The van der Waals surface area contributed by atoms with Crippen LogP contribution < -0.4 is 0 Å². The molecular formula is C34H32F6N4O10S. The predicted octanol–water partition coefficient (Wildman–Crippen LogP) is 4.63. The molecule has 0 spiro atoms. The number of halogens is 6. The van der Waals surface area contributed by atoms with Gasteiger partial charge in [-0.1, -0.05) is 23.9 Å². The molecule has 0 aliphatic carbocycles. The summed E-state index contributed by atoms with van der Waals surface area (Å²) in [7, 11) is 2.11. The van der Waals surface area contributed by atoms with Gasteiger partial charge in [0.2, 0.25) is 11.8 Å². The molecule has 55 heavy (non-hydrogen) atoms. The first-order valence-corrected chi connectivity index (χ1v) is 16.8. The predicted molar refractivity (Wildman–Crippen MR) is 179 cm³/mol. The molecule has 21 heteroatoms. The van der Waals surface area contributed by atoms with Crippen molar-refractivity contribution < 1.29 is 74.8 Å². The van der Waals surface area contributed by atoms with Gasteiger partial charge in [-0.25, -0.2) is 19.2 Å². The molecular weight excluding hydrogens is 770 g/mol. The number of aliphatic carboxylic acids is 2. The molecule has 2 heterocycles. The van der Waals surface area contributed by atoms with Gasteiger partial charge in [0.1, 0.15) is 0 Å². The maximum atomic E-state index is 14.2. The Kier molecular flexibility index (Phi) is 13.1. The number of benzene rings is 2. The zero-order chi connectivity index (χ0) is 40.8. The Morgan fingerprint density at radius 2 is 1.02 bits per heavy atom. The number of rotatable bonds is 8. The molecule has 2 aromatic carbocycles. The number of carbonyl (C=O) groups excluding carboxylic acids is 4. The minimum absolute atomic E-state index is 0.0964. The van der Waals surface area contributed by atoms with E-state index in [0.717, 1.165) is 82.4 Å². The minimum Gasteiger partial charge on any atom is -0.480 e. The van der Waals surface area contributed by atoms with Gasteiger partial charge in [0.25, 0.3) is 0 Å². The fourth-order valence-electron chi connectivity index (χ4n) is 5.65. The second kappa shape index (κ2) is 17.2. The Bertz CT molecular complexity index is 1770. The van der Waals surface area contributed by atoms with Crippen molar-refractivity contribution in [2.24, 2.45) is 0 Å². The average Bonchev–Trinajstić information content (AvgIpc) is 3.14. The standard InChI is InChI=1S/C34H32F6N4O10S/c1-53-31(51)43-13-11-41(17-23(43)29(47)48)27(45)9-5-19-3-7-25(21(15-19)33(35,36)37)55-26-8-4-20(16-22(26)34(38,39)40)6-10-28(46)42-12-14-44(32(52)54-2)24(18-42)30(49)50/h3-10,15-16,23-24H,11-14,17-18H2,1-2H3,(H,47,48)(H,49,50)/b9-5+,10-6+. The first-order valence-electron chi connectivity index (χ1n) is 15.9. The highest BCUT2D eigenvalue weighted by atomic mass is 32.2. The molecule has 296 valence electrons. The maximum absolute atomic E-state index is 14.2. The van der Waals surface area contributed by atoms with Crippen LogP contribution in [0.3, 0.4) is 0 Å². The highest BCUT2D eigenvalue weighted by molar-refractivity contribution is 7.99. The molecule has 2 aromatic rings. The van der Waals surface area contributed by atoms with E-state index < -0.39 is 94.4 Å². The van der Waals surface area contributed by atoms with E-state index in [0.29, 0.717) is 12.1 Å². The van der Waals surface area contributed by atoms with Crippen LogP contribution in [0.15, 0.2) is 58.3 Å². The lowest BCUT2D eigenvalue weighted by Gasteiger charge is -2.37. The molecule has 0 saturated carbocycles. The summed E-state index contributed by atoms with van der Waals surface area (Å²) in [5.74, 6) is -4.35. The smallest absolute Gasteiger partial charge is 0.417 e. The molecule has 2 aliphatic heterocycles. The van der Waals surface area contributed by atoms with Gasteiger partial charge in [-0.3, -0.25) is 19.4 Å². The summed E-state index contributed by atoms with van der Waals surface area (Å²) in [5, 5.41) is 19.0. The summed E-state index contributed by atoms with van der Waals surface area (Å²) in [6, 6.07) is 2.56. The number of carboxylic acids is 2. The number of piperazine rings is 2. The summed E-state index contributed by atoms with van der Waals surface area (Å²) in [6.07, 6.45) is -8.06. The number of amides is 4. The molecule has 2 unspecified atom stereocenters. The van der Waals surface area contributed by atoms with E-state index in [1.807, 2.05) is 0 Å². The second-order valence-electron chi connectivity index (χ2n) is 11.9. The van der Waals surface area contributed by atoms with Gasteiger partial charge >= 0.3 is 36.5 Å². The Balaban J connectivity index is 1.52. The fraction of sp³-hybridized carbons (Fsp3) is 0.353. The van der Waals surface area contributed by atoms with Crippen LogP contribution in [0.1, 0.15) is 22.3 Å². The van der Waals surface area contributed by atoms with Gasteiger partial charge in [-0.2, -0.15) is 26.3 Å². The highest BCUT2D eigenvalue weighted by Crippen LogP contribution is 2.44. The van der Waals surface area contributed by atoms with Gasteiger partial charge < -0.3 is 29.5 Å². The number of ether oxygens (including phenoxy) is 2. The van der Waals surface area contributed by atoms with Crippen LogP contribution in [0, 0.1) is 0 Å². The quantitative estimate of drug-likeness (QED) is 0.282. The van der Waals surface area contributed by atoms with Crippen molar-refractivity contribution in [3.05, 3.63) is 70.8 Å². The van der Waals surface area contributed by atoms with E-state index in [1.165, 1.54) is 0 Å². The summed E-state index contributed by atoms with van der Waals surface area (Å²) in [4.78, 5) is 75.5. The van der Waals surface area contributed by atoms with Crippen molar-refractivity contribution in [2.75, 3.05) is 53.5 Å². The Hall–Kier alpha value is -5.73. The number of hydrogen-bond donors (Lipinski definition) is 2. The number of nitrogens with zero attached hydrogens (tertiary/aromatic N) is 4. The zero-order valence-electron chi connectivity index (χ0n) is 28.8. The van der Waals surface area contributed by atoms with Gasteiger partial charge in [0.15, 0.2) is 12.1 Å². The summed E-state index contributed by atoms with van der Waals surface area (Å²) >= 11 is 0.186. The van der Waals surface area contributed by atoms with E-state index in [2.05, 4.69) is 9.47 Å². The van der Waals surface area contributed by atoms with Gasteiger partial charge in [-0.15, -0.1) is 0 Å². The first kappa shape index (κ1) is 42.0. The number of carbonyl (C=O) groups is 6. The van der Waals surface area contributed by atoms with Crippen molar-refractivity contribution in [1.29, 1.82) is 0 Å². The number of carboxylic acid groups (broad SMARTS) is 2. The first-order chi connectivity index (χ1) is 25.7. The second-order valence-corrected chi connectivity index (χ2v) is 13.0. The van der Waals surface area contributed by atoms with E-state index in [4.69, 9.17) is 0 Å². The fourth-order valence-corrected chi connectivity index (χ4v) is 6.73. The normalized spacial score (nSPS) is 18.1. The summed E-state index contributed by atoms with van der Waals surface area (Å²) in [6.45, 7) is -1.41. The number of hydrogen-bond acceptors (Lipinski definition) is 9. The zero-order valence-corrected chi connectivity index (χ0v) is 29.6. The molecule has 4 amide bonds. The lowest BCUT2D eigenvalue weighted by Crippen LogP contribution is -2.59. The van der Waals surface area contributed by atoms with Crippen LogP contribution in [0.5, 0.6) is 0 Å². The van der Waals surface area contributed by atoms with Gasteiger partial charge in [-0.05, 0) is 47.5 Å². The van der Waals surface area contributed by atoms with Crippen LogP contribution in [-0.4, -0.2) is 131 Å². The van der Waals surface area contributed by atoms with E-state index in [9.17, 15) is 65.3 Å². The maximum Gasteiger partial charge on any atom is 0.417 e. The molecule has 0 aromatic heterocycles. The van der Waals surface area contributed by atoms with Crippen molar-refractivity contribution in [3.8, 4) is 0 Å². The topological polar surface area (TPSA) is 174 Å². The van der Waals surface area contributed by atoms with Crippen LogP contribution in [-0.2, 0) is 41.0 Å². The van der Waals surface area contributed by atoms with Crippen LogP contribution in [0.4, 0.5) is 35.9 Å². The van der Waals surface area contributed by atoms with E-state index >= 15 is 0 Å². The molecule has 14 nitrogen and oxygen atoms in total. The van der Waals surface area contributed by atoms with Crippen molar-refractivity contribution in [1.82, 2.24) is 19.6 Å². The molecule has 2 saturated heterocycles. The third-order valence-electron chi connectivity index (χ3n) is 8.45. The van der Waals surface area contributed by atoms with E-state index in [-0.39, 0.29) is 49.1 Å². The van der Waals surface area contributed by atoms with Crippen LogP contribution in [0.2, 0.25) is 0 Å². The summed E-state index contributed by atoms with van der Waals surface area (Å²) in [5.41, 5.74) is -2.90. The van der Waals surface area contributed by atoms with Crippen LogP contribution >= 0.6 is 11.8 Å². The minimum atomic E-state index is -5.04. The Morgan fingerprint density at radius 1 is 0.655 bits per heavy atom. The third kappa shape index (κ3) is 10.3. The lowest BCUT2D eigenvalue weighted by molar-refractivity contribution is -0.147. The van der Waals surface area contributed by atoms with Gasteiger partial charge in [0.05, 0.1) is 38.4 Å². The number of alkyl halides is 6. The van der Waals surface area contributed by atoms with Crippen LogP contribution in [0.25, 0.3) is 12.2 Å². The highest BCUT2D eigenvalue weighted by Gasteiger charge is 2.40. The molecule has 0 bridgehead atoms. The van der Waals surface area contributed by atoms with Crippen molar-refractivity contribution >= 4 is 59.9 Å². The van der Waals surface area contributed by atoms with Crippen molar-refractivity contribution in [2.45, 2.75) is 34.2 Å². The van der Waals surface area contributed by atoms with E-state index in [1.54, 1.807) is 0 Å². The molecule has 2 atom stereocenters. The monoisotopic (exact) mass is 802 g/mol. The Labute approximate surface area is 312 Å².